The molecule has 0 aromatic carbocycles. The molecule has 0 radical (unpaired) electrons. The molecule has 0 amide bonds. The van der Waals surface area contributed by atoms with Crippen LogP contribution in [0.1, 0.15) is 76.2 Å². The second-order valence-electron chi connectivity index (χ2n) is 9.60. The Morgan fingerprint density at radius 2 is 1.29 bits per heavy atom. The van der Waals surface area contributed by atoms with E-state index in [4.69, 9.17) is 4.99 Å². The first-order chi connectivity index (χ1) is 9.04. The molecular formula is C17H37NP3+. The van der Waals surface area contributed by atoms with Gasteiger partial charge in [0.05, 0.1) is 26.4 Å². The lowest BCUT2D eigenvalue weighted by molar-refractivity contribution is 0.767. The van der Waals surface area contributed by atoms with Crippen molar-refractivity contribution in [1.82, 2.24) is 0 Å². The number of aliphatic imine (C=N–C) groups is 1. The zero-order valence-corrected chi connectivity index (χ0v) is 19.0. The van der Waals surface area contributed by atoms with Crippen LogP contribution in [0.15, 0.2) is 4.99 Å². The Balaban J connectivity index is 3.52. The highest BCUT2D eigenvalue weighted by molar-refractivity contribution is 8.86. The molecule has 1 heterocycles. The molecule has 1 aliphatic heterocycles. The number of hydrogen-bond acceptors (Lipinski definition) is 1. The molecule has 0 saturated carbocycles. The summed E-state index contributed by atoms with van der Waals surface area (Å²) in [5, 5.41) is 2.91. The molecule has 4 heteroatoms. The van der Waals surface area contributed by atoms with Gasteiger partial charge in [0.2, 0.25) is 0 Å². The van der Waals surface area contributed by atoms with Crippen LogP contribution in [0.5, 0.6) is 0 Å². The summed E-state index contributed by atoms with van der Waals surface area (Å²) in [6.45, 7) is 28.2. The van der Waals surface area contributed by atoms with Gasteiger partial charge in [0.25, 0.3) is 0 Å². The van der Waals surface area contributed by atoms with Gasteiger partial charge in [0, 0.05) is 11.2 Å². The lowest BCUT2D eigenvalue weighted by Crippen LogP contribution is -2.38. The predicted octanol–water partition coefficient (Wildman–Crippen LogP) is 7.60. The predicted molar refractivity (Wildman–Crippen MR) is 109 cm³/mol. The topological polar surface area (TPSA) is 12.4 Å². The fraction of sp³-hybridized carbons (Fsp3) is 0.941. The smallest absolute Gasteiger partial charge is 0.186 e. The highest BCUT2D eigenvalue weighted by Gasteiger charge is 2.75. The van der Waals surface area contributed by atoms with E-state index in [0.29, 0.717) is 21.5 Å². The molecular weight excluding hydrogens is 311 g/mol. The number of rotatable bonds is 1. The quantitative estimate of drug-likeness (QED) is 0.433. The summed E-state index contributed by atoms with van der Waals surface area (Å²) < 4.78 is 0. The van der Waals surface area contributed by atoms with Gasteiger partial charge >= 0.3 is 0 Å². The average Bonchev–Trinajstić information content (AvgIpc) is 2.15. The highest BCUT2D eigenvalue weighted by Crippen LogP contribution is 3.15. The van der Waals surface area contributed by atoms with E-state index in [9.17, 15) is 0 Å². The van der Waals surface area contributed by atoms with E-state index >= 15 is 0 Å². The van der Waals surface area contributed by atoms with E-state index in [1.165, 1.54) is 0 Å². The number of hydrogen-bond donors (Lipinski definition) is 0. The lowest BCUT2D eigenvalue weighted by atomic mass is 10.3. The van der Waals surface area contributed by atoms with Crippen molar-refractivity contribution in [3.63, 3.8) is 0 Å². The van der Waals surface area contributed by atoms with Crippen LogP contribution >= 0.6 is 21.9 Å². The van der Waals surface area contributed by atoms with Gasteiger partial charge in [0.15, 0.2) is 5.19 Å². The Morgan fingerprint density at radius 3 is 1.52 bits per heavy atom. The van der Waals surface area contributed by atoms with Crippen LogP contribution in [0.3, 0.4) is 0 Å². The Hall–Kier alpha value is 0.960. The van der Waals surface area contributed by atoms with Crippen LogP contribution in [0.25, 0.3) is 0 Å². The van der Waals surface area contributed by atoms with Crippen molar-refractivity contribution in [2.75, 3.05) is 6.66 Å². The molecule has 0 aromatic rings. The maximum absolute atomic E-state index is 5.22. The molecule has 2 unspecified atom stereocenters. The monoisotopic (exact) mass is 348 g/mol. The third kappa shape index (κ3) is 3.57. The molecule has 0 bridgehead atoms. The van der Waals surface area contributed by atoms with E-state index in [-0.39, 0.29) is 14.9 Å². The summed E-state index contributed by atoms with van der Waals surface area (Å²) in [7, 11) is -0.0229. The lowest BCUT2D eigenvalue weighted by Gasteiger charge is -2.60. The molecule has 1 saturated heterocycles. The van der Waals surface area contributed by atoms with Gasteiger partial charge in [-0.15, -0.1) is 0 Å². The van der Waals surface area contributed by atoms with Crippen LogP contribution in [0.4, 0.5) is 0 Å². The van der Waals surface area contributed by atoms with Crippen LogP contribution in [-0.4, -0.2) is 33.4 Å². The summed E-state index contributed by atoms with van der Waals surface area (Å²) in [4.78, 5) is 5.22. The molecule has 0 N–H and O–H groups in total. The summed E-state index contributed by atoms with van der Waals surface area (Å²) in [6, 6.07) is 0.436. The van der Waals surface area contributed by atoms with E-state index in [0.717, 1.165) is 0 Å². The van der Waals surface area contributed by atoms with Crippen molar-refractivity contribution in [2.24, 2.45) is 4.99 Å². The Bertz CT molecular complexity index is 421. The zero-order valence-electron chi connectivity index (χ0n) is 16.4. The normalized spacial score (nSPS) is 33.5. The standard InChI is InChI=1S/C17H37NP3/c1-13(2)18-14-19(15(3,4)5)20(16(6,7)8)21(14,12)17(9,10)11/h13H,1-12H3/q+1/t19?,20-,21?/m0/s1. The Kier molecular flexibility index (Phi) is 5.52. The van der Waals surface area contributed by atoms with Gasteiger partial charge in [-0.2, -0.15) is 0 Å². The molecule has 21 heavy (non-hydrogen) atoms. The third-order valence-electron chi connectivity index (χ3n) is 4.06. The van der Waals surface area contributed by atoms with Crippen molar-refractivity contribution in [3.05, 3.63) is 0 Å². The number of nitrogens with zero attached hydrogens (tertiary/aromatic N) is 1. The van der Waals surface area contributed by atoms with E-state index in [1.807, 2.05) is 0 Å². The maximum atomic E-state index is 5.22. The average molecular weight is 348 g/mol. The first-order valence-electron chi connectivity index (χ1n) is 8.10. The minimum absolute atomic E-state index is 0.0514. The van der Waals surface area contributed by atoms with Crippen LogP contribution < -0.4 is 0 Å². The molecule has 0 aliphatic carbocycles. The summed E-state index contributed by atoms with van der Waals surface area (Å²) in [6.07, 6.45) is 0. The second kappa shape index (κ2) is 5.80. The Morgan fingerprint density at radius 1 is 0.857 bits per heavy atom. The zero-order chi connectivity index (χ0) is 17.0. The van der Waals surface area contributed by atoms with Crippen molar-refractivity contribution in [3.8, 4) is 0 Å². The van der Waals surface area contributed by atoms with Crippen LogP contribution in [-0.2, 0) is 0 Å². The van der Waals surface area contributed by atoms with E-state index in [1.54, 1.807) is 5.19 Å². The van der Waals surface area contributed by atoms with Gasteiger partial charge < -0.3 is 0 Å². The van der Waals surface area contributed by atoms with Gasteiger partial charge in [-0.05, 0) is 39.8 Å². The minimum Gasteiger partial charge on any atom is -0.249 e. The first kappa shape index (κ1) is 20.0. The summed E-state index contributed by atoms with van der Waals surface area (Å²) in [5.41, 5.74) is 0. The van der Waals surface area contributed by atoms with Crippen molar-refractivity contribution in [1.29, 1.82) is 0 Å². The van der Waals surface area contributed by atoms with Crippen LogP contribution in [0, 0.1) is 0 Å². The molecule has 1 fully saturated rings. The van der Waals surface area contributed by atoms with Gasteiger partial charge in [-0.25, -0.2) is 4.99 Å². The van der Waals surface area contributed by atoms with Crippen molar-refractivity contribution in [2.45, 2.75) is 97.7 Å². The van der Waals surface area contributed by atoms with Crippen molar-refractivity contribution < 1.29 is 0 Å². The first-order valence-corrected chi connectivity index (χ1v) is 14.4. The largest absolute Gasteiger partial charge is 0.249 e. The third-order valence-corrected chi connectivity index (χ3v) is 31.0. The fourth-order valence-corrected chi connectivity index (χ4v) is 34.4. The van der Waals surface area contributed by atoms with Crippen LogP contribution in [0.2, 0.25) is 0 Å². The molecule has 1 aliphatic rings. The molecule has 0 aromatic heterocycles. The molecule has 124 valence electrons. The Labute approximate surface area is 136 Å². The van der Waals surface area contributed by atoms with Gasteiger partial charge in [-0.1, -0.05) is 41.5 Å². The fourth-order valence-electron chi connectivity index (χ4n) is 2.96. The molecule has 3 atom stereocenters. The van der Waals surface area contributed by atoms with E-state index < -0.39 is 6.95 Å². The molecule has 1 rings (SSSR count). The van der Waals surface area contributed by atoms with Crippen molar-refractivity contribution >= 4 is 27.1 Å². The second-order valence-corrected chi connectivity index (χ2v) is 24.9. The molecule has 0 spiro atoms. The summed E-state index contributed by atoms with van der Waals surface area (Å²) in [5.74, 6) is 0. The summed E-state index contributed by atoms with van der Waals surface area (Å²) >= 11 is 0. The SMILES string of the molecule is CC(C)N=C1P(C(C)(C)C)[P@](C(C)(C)C)[P+]1(C)C(C)(C)C. The van der Waals surface area contributed by atoms with Gasteiger partial charge in [0.1, 0.15) is 7.30 Å². The maximum Gasteiger partial charge on any atom is 0.186 e. The molecule has 1 nitrogen and oxygen atoms in total. The highest BCUT2D eigenvalue weighted by atomic mass is 32.5. The van der Waals surface area contributed by atoms with Gasteiger partial charge in [-0.3, -0.25) is 0 Å². The van der Waals surface area contributed by atoms with E-state index in [2.05, 4.69) is 82.8 Å². The minimum atomic E-state index is -1.13.